The fraction of sp³-hybridized carbons (Fsp3) is 0.300. The molecular weight excluding hydrogens is 352 g/mol. The summed E-state index contributed by atoms with van der Waals surface area (Å²) in [5.41, 5.74) is 2.73. The van der Waals surface area contributed by atoms with Crippen LogP contribution in [0.3, 0.4) is 0 Å². The number of hydrogen-bond donors (Lipinski definition) is 0. The molecule has 1 aliphatic rings. The number of rotatable bonds is 6. The molecule has 5 nitrogen and oxygen atoms in total. The van der Waals surface area contributed by atoms with Crippen LogP contribution in [-0.4, -0.2) is 37.3 Å². The summed E-state index contributed by atoms with van der Waals surface area (Å²) in [6, 6.07) is 11.0. The highest BCUT2D eigenvalue weighted by Crippen LogP contribution is 2.31. The number of benzene rings is 2. The van der Waals surface area contributed by atoms with Gasteiger partial charge in [-0.15, -0.1) is 11.8 Å². The predicted octanol–water partition coefficient (Wildman–Crippen LogP) is 3.59. The Balaban J connectivity index is 1.50. The quantitative estimate of drug-likeness (QED) is 0.439. The second-order valence-electron chi connectivity index (χ2n) is 6.00. The van der Waals surface area contributed by atoms with Crippen molar-refractivity contribution in [1.29, 1.82) is 0 Å². The van der Waals surface area contributed by atoms with Crippen molar-refractivity contribution in [2.75, 3.05) is 25.6 Å². The van der Waals surface area contributed by atoms with Gasteiger partial charge < -0.3 is 14.2 Å². The summed E-state index contributed by atoms with van der Waals surface area (Å²) in [7, 11) is 0. The maximum absolute atomic E-state index is 12.2. The van der Waals surface area contributed by atoms with Gasteiger partial charge in [0.05, 0.1) is 5.75 Å². The van der Waals surface area contributed by atoms with Crippen molar-refractivity contribution < 1.29 is 23.8 Å². The summed E-state index contributed by atoms with van der Waals surface area (Å²) in [6.07, 6.45) is 0. The van der Waals surface area contributed by atoms with Crippen LogP contribution < -0.4 is 9.47 Å². The van der Waals surface area contributed by atoms with E-state index >= 15 is 0 Å². The van der Waals surface area contributed by atoms with Gasteiger partial charge in [0.1, 0.15) is 13.2 Å². The summed E-state index contributed by atoms with van der Waals surface area (Å²) in [4.78, 5) is 25.2. The molecule has 0 radical (unpaired) electrons. The molecule has 0 fully saturated rings. The molecule has 0 bridgehead atoms. The van der Waals surface area contributed by atoms with E-state index in [0.29, 0.717) is 30.3 Å². The molecule has 1 aliphatic heterocycles. The topological polar surface area (TPSA) is 61.8 Å². The molecule has 0 aliphatic carbocycles. The normalized spacial score (nSPS) is 12.5. The van der Waals surface area contributed by atoms with Crippen molar-refractivity contribution in [2.24, 2.45) is 0 Å². The molecular formula is C20H20O5S. The number of ketones is 1. The first kappa shape index (κ1) is 18.3. The lowest BCUT2D eigenvalue weighted by atomic mass is 10.1. The van der Waals surface area contributed by atoms with Crippen LogP contribution in [0.15, 0.2) is 41.3 Å². The molecule has 6 heteroatoms. The summed E-state index contributed by atoms with van der Waals surface area (Å²) >= 11 is 1.41. The molecule has 1 heterocycles. The average Bonchev–Trinajstić information content (AvgIpc) is 2.65. The standard InChI is InChI=1S/C20H20O5S/c1-13-3-6-19(14(2)9-13)26-12-20(22)25-11-16(21)15-4-5-17-18(10-15)24-8-7-23-17/h3-6,9-10H,7-8,11-12H2,1-2H3. The molecule has 0 amide bonds. The fourth-order valence-corrected chi connectivity index (χ4v) is 3.39. The Morgan fingerprint density at radius 1 is 1.04 bits per heavy atom. The van der Waals surface area contributed by atoms with Crippen LogP contribution in [0, 0.1) is 13.8 Å². The summed E-state index contributed by atoms with van der Waals surface area (Å²) in [6.45, 7) is 4.70. The Hall–Kier alpha value is -2.47. The second kappa shape index (κ2) is 8.27. The SMILES string of the molecule is Cc1ccc(SCC(=O)OCC(=O)c2ccc3c(c2)OCCO3)c(C)c1. The lowest BCUT2D eigenvalue weighted by Gasteiger charge is -2.18. The van der Waals surface area contributed by atoms with Crippen LogP contribution in [0.5, 0.6) is 11.5 Å². The van der Waals surface area contributed by atoms with Crippen molar-refractivity contribution in [3.63, 3.8) is 0 Å². The summed E-state index contributed by atoms with van der Waals surface area (Å²) < 4.78 is 16.0. The van der Waals surface area contributed by atoms with Gasteiger partial charge in [0.25, 0.3) is 0 Å². The first-order valence-electron chi connectivity index (χ1n) is 8.31. The molecule has 0 N–H and O–H groups in total. The van der Waals surface area contributed by atoms with Crippen LogP contribution in [0.4, 0.5) is 0 Å². The van der Waals surface area contributed by atoms with E-state index < -0.39 is 5.97 Å². The van der Waals surface area contributed by atoms with Crippen molar-refractivity contribution in [1.82, 2.24) is 0 Å². The number of thioether (sulfide) groups is 1. The molecule has 0 spiro atoms. The van der Waals surface area contributed by atoms with Gasteiger partial charge >= 0.3 is 5.97 Å². The van der Waals surface area contributed by atoms with Crippen molar-refractivity contribution in [3.05, 3.63) is 53.1 Å². The van der Waals surface area contributed by atoms with Crippen LogP contribution in [0.25, 0.3) is 0 Å². The minimum absolute atomic E-state index is 0.165. The van der Waals surface area contributed by atoms with Crippen LogP contribution in [-0.2, 0) is 9.53 Å². The number of esters is 1. The third-order valence-corrected chi connectivity index (χ3v) is 5.05. The van der Waals surface area contributed by atoms with E-state index in [1.165, 1.54) is 17.3 Å². The highest BCUT2D eigenvalue weighted by atomic mass is 32.2. The average molecular weight is 372 g/mol. The zero-order chi connectivity index (χ0) is 18.5. The Labute approximate surface area is 156 Å². The number of carbonyl (C=O) groups excluding carboxylic acids is 2. The van der Waals surface area contributed by atoms with Crippen LogP contribution in [0.2, 0.25) is 0 Å². The van der Waals surface area contributed by atoms with Gasteiger partial charge in [0.15, 0.2) is 23.9 Å². The van der Waals surface area contributed by atoms with Gasteiger partial charge in [0.2, 0.25) is 0 Å². The Morgan fingerprint density at radius 3 is 2.58 bits per heavy atom. The monoisotopic (exact) mass is 372 g/mol. The third-order valence-electron chi connectivity index (χ3n) is 3.90. The molecule has 0 atom stereocenters. The van der Waals surface area contributed by atoms with E-state index in [4.69, 9.17) is 14.2 Å². The molecule has 0 aromatic heterocycles. The second-order valence-corrected chi connectivity index (χ2v) is 7.02. The predicted molar refractivity (Wildman–Crippen MR) is 99.4 cm³/mol. The van der Waals surface area contributed by atoms with Gasteiger partial charge in [0, 0.05) is 10.5 Å². The minimum atomic E-state index is -0.416. The maximum Gasteiger partial charge on any atom is 0.316 e. The fourth-order valence-electron chi connectivity index (χ4n) is 2.59. The number of carbonyl (C=O) groups is 2. The Morgan fingerprint density at radius 2 is 1.81 bits per heavy atom. The molecule has 0 saturated heterocycles. The molecule has 136 valence electrons. The molecule has 2 aromatic rings. The minimum Gasteiger partial charge on any atom is -0.486 e. The van der Waals surface area contributed by atoms with E-state index in [9.17, 15) is 9.59 Å². The number of hydrogen-bond acceptors (Lipinski definition) is 6. The Bertz CT molecular complexity index is 831. The lowest BCUT2D eigenvalue weighted by Crippen LogP contribution is -2.18. The van der Waals surface area contributed by atoms with E-state index in [0.717, 1.165) is 10.5 Å². The molecule has 2 aromatic carbocycles. The first-order valence-corrected chi connectivity index (χ1v) is 9.30. The van der Waals surface area contributed by atoms with E-state index in [-0.39, 0.29) is 18.1 Å². The smallest absolute Gasteiger partial charge is 0.316 e. The highest BCUT2D eigenvalue weighted by Gasteiger charge is 2.16. The maximum atomic E-state index is 12.2. The molecule has 0 saturated carbocycles. The van der Waals surface area contributed by atoms with Crippen molar-refractivity contribution >= 4 is 23.5 Å². The number of Topliss-reactive ketones (excluding diaryl/α,β-unsaturated/α-hetero) is 1. The zero-order valence-electron chi connectivity index (χ0n) is 14.7. The zero-order valence-corrected chi connectivity index (χ0v) is 15.6. The summed E-state index contributed by atoms with van der Waals surface area (Å²) in [5.74, 6) is 0.638. The van der Waals surface area contributed by atoms with Gasteiger partial charge in [-0.3, -0.25) is 9.59 Å². The molecule has 0 unspecified atom stereocenters. The van der Waals surface area contributed by atoms with Gasteiger partial charge in [-0.1, -0.05) is 17.7 Å². The third kappa shape index (κ3) is 4.58. The van der Waals surface area contributed by atoms with Gasteiger partial charge in [-0.05, 0) is 43.7 Å². The first-order chi connectivity index (χ1) is 12.5. The van der Waals surface area contributed by atoms with E-state index in [2.05, 4.69) is 6.07 Å². The lowest BCUT2D eigenvalue weighted by molar-refractivity contribution is -0.139. The number of aryl methyl sites for hydroxylation is 2. The van der Waals surface area contributed by atoms with Gasteiger partial charge in [-0.2, -0.15) is 0 Å². The number of fused-ring (bicyclic) bond motifs is 1. The Kier molecular flexibility index (Phi) is 5.83. The van der Waals surface area contributed by atoms with E-state index in [1.807, 2.05) is 26.0 Å². The van der Waals surface area contributed by atoms with Crippen molar-refractivity contribution in [2.45, 2.75) is 18.7 Å². The van der Waals surface area contributed by atoms with Crippen LogP contribution >= 0.6 is 11.8 Å². The van der Waals surface area contributed by atoms with Crippen LogP contribution in [0.1, 0.15) is 21.5 Å². The largest absolute Gasteiger partial charge is 0.486 e. The highest BCUT2D eigenvalue weighted by molar-refractivity contribution is 8.00. The number of ether oxygens (including phenoxy) is 3. The summed E-state index contributed by atoms with van der Waals surface area (Å²) in [5, 5.41) is 0. The molecule has 3 rings (SSSR count). The van der Waals surface area contributed by atoms with E-state index in [1.54, 1.807) is 18.2 Å². The molecule has 26 heavy (non-hydrogen) atoms. The van der Waals surface area contributed by atoms with Crippen molar-refractivity contribution in [3.8, 4) is 11.5 Å². The van der Waals surface area contributed by atoms with Gasteiger partial charge in [-0.25, -0.2) is 0 Å².